The number of aliphatic imine (C=N–C) groups is 1. The molecule has 0 saturated heterocycles. The number of hydrogen-bond donors (Lipinski definition) is 2. The van der Waals surface area contributed by atoms with Crippen LogP contribution in [0.15, 0.2) is 23.2 Å². The van der Waals surface area contributed by atoms with Gasteiger partial charge in [-0.15, -0.1) is 24.0 Å². The van der Waals surface area contributed by atoms with E-state index in [1.807, 2.05) is 25.1 Å². The molecule has 2 aromatic rings. The molecule has 7 heteroatoms. The van der Waals surface area contributed by atoms with Crippen molar-refractivity contribution in [2.75, 3.05) is 19.5 Å². The molecule has 0 atom stereocenters. The third-order valence-corrected chi connectivity index (χ3v) is 2.57. The van der Waals surface area contributed by atoms with Gasteiger partial charge in [0, 0.05) is 12.4 Å². The second-order valence-electron chi connectivity index (χ2n) is 3.75. The highest BCUT2D eigenvalue weighted by molar-refractivity contribution is 14.0. The van der Waals surface area contributed by atoms with E-state index in [1.54, 1.807) is 14.2 Å². The van der Waals surface area contributed by atoms with Crippen LogP contribution in [0, 0.1) is 6.92 Å². The van der Waals surface area contributed by atoms with Crippen LogP contribution in [-0.2, 0) is 0 Å². The quantitative estimate of drug-likeness (QED) is 0.477. The van der Waals surface area contributed by atoms with E-state index >= 15 is 0 Å². The summed E-state index contributed by atoms with van der Waals surface area (Å²) in [5.74, 6) is 1.50. The maximum Gasteiger partial charge on any atom is 0.230 e. The number of rotatable bonds is 2. The predicted octanol–water partition coefficient (Wildman–Crippen LogP) is 1.92. The van der Waals surface area contributed by atoms with Gasteiger partial charge >= 0.3 is 0 Å². The Kier molecular flexibility index (Phi) is 5.28. The first kappa shape index (κ1) is 15.4. The van der Waals surface area contributed by atoms with Gasteiger partial charge in [-0.3, -0.25) is 10.3 Å². The zero-order chi connectivity index (χ0) is 13.1. The minimum Gasteiger partial charge on any atom is -0.497 e. The molecule has 1 aromatic carbocycles. The molecule has 0 amide bonds. The lowest BCUT2D eigenvalue weighted by Crippen LogP contribution is -2.23. The van der Waals surface area contributed by atoms with Crippen molar-refractivity contribution in [3.8, 4) is 5.75 Å². The number of aryl methyl sites for hydroxylation is 1. The van der Waals surface area contributed by atoms with Gasteiger partial charge < -0.3 is 10.5 Å². The smallest absolute Gasteiger partial charge is 0.230 e. The van der Waals surface area contributed by atoms with Crippen molar-refractivity contribution >= 4 is 46.8 Å². The molecule has 102 valence electrons. The first-order valence-electron chi connectivity index (χ1n) is 5.45. The van der Waals surface area contributed by atoms with Crippen molar-refractivity contribution in [1.29, 1.82) is 0 Å². The molecule has 2 rings (SSSR count). The number of methoxy groups -OCH3 is 1. The topological polar surface area (TPSA) is 85.4 Å². The zero-order valence-electron chi connectivity index (χ0n) is 11.0. The van der Waals surface area contributed by atoms with Crippen LogP contribution in [0.3, 0.4) is 0 Å². The van der Waals surface area contributed by atoms with Gasteiger partial charge in [0.2, 0.25) is 5.95 Å². The molecule has 0 saturated carbocycles. The maximum absolute atomic E-state index is 5.58. The Hall–Kier alpha value is -1.64. The Bertz CT molecular complexity index is 614. The van der Waals surface area contributed by atoms with Gasteiger partial charge in [0.15, 0.2) is 5.96 Å². The number of anilines is 1. The molecule has 0 aliphatic rings. The van der Waals surface area contributed by atoms with Crippen molar-refractivity contribution in [2.45, 2.75) is 6.92 Å². The summed E-state index contributed by atoms with van der Waals surface area (Å²) in [4.78, 5) is 12.5. The molecule has 0 aliphatic heterocycles. The average Bonchev–Trinajstić information content (AvgIpc) is 2.38. The summed E-state index contributed by atoms with van der Waals surface area (Å²) < 4.78 is 5.18. The molecule has 3 N–H and O–H groups in total. The lowest BCUT2D eigenvalue weighted by atomic mass is 10.2. The minimum absolute atomic E-state index is 0. The number of aromatic nitrogens is 2. The molecule has 19 heavy (non-hydrogen) atoms. The Labute approximate surface area is 128 Å². The number of halogens is 1. The molecular weight excluding hydrogens is 357 g/mol. The monoisotopic (exact) mass is 373 g/mol. The summed E-state index contributed by atoms with van der Waals surface area (Å²) in [6.07, 6.45) is 0. The highest BCUT2D eigenvalue weighted by Gasteiger charge is 2.06. The largest absolute Gasteiger partial charge is 0.497 e. The molecule has 1 aromatic heterocycles. The Morgan fingerprint density at radius 2 is 2.11 bits per heavy atom. The van der Waals surface area contributed by atoms with Gasteiger partial charge in [-0.1, -0.05) is 0 Å². The number of nitrogens with zero attached hydrogens (tertiary/aromatic N) is 3. The van der Waals surface area contributed by atoms with Crippen molar-refractivity contribution in [3.05, 3.63) is 23.9 Å². The molecule has 6 nitrogen and oxygen atoms in total. The first-order chi connectivity index (χ1) is 8.63. The van der Waals surface area contributed by atoms with Gasteiger partial charge in [-0.2, -0.15) is 0 Å². The van der Waals surface area contributed by atoms with Crippen LogP contribution < -0.4 is 15.8 Å². The Morgan fingerprint density at radius 1 is 1.37 bits per heavy atom. The molecule has 0 unspecified atom stereocenters. The Balaban J connectivity index is 0.00000180. The lowest BCUT2D eigenvalue weighted by molar-refractivity contribution is 0.415. The molecule has 0 spiro atoms. The summed E-state index contributed by atoms with van der Waals surface area (Å²) in [7, 11) is 3.23. The van der Waals surface area contributed by atoms with Gasteiger partial charge in [-0.05, 0) is 25.1 Å². The lowest BCUT2D eigenvalue weighted by Gasteiger charge is -2.08. The van der Waals surface area contributed by atoms with E-state index in [-0.39, 0.29) is 29.9 Å². The van der Waals surface area contributed by atoms with E-state index < -0.39 is 0 Å². The van der Waals surface area contributed by atoms with Gasteiger partial charge in [-0.25, -0.2) is 9.97 Å². The molecule has 0 radical (unpaired) electrons. The Morgan fingerprint density at radius 3 is 2.74 bits per heavy atom. The number of hydrogen-bond acceptors (Lipinski definition) is 4. The van der Waals surface area contributed by atoms with Crippen LogP contribution in [0.4, 0.5) is 5.95 Å². The number of nitrogens with two attached hydrogens (primary N) is 1. The van der Waals surface area contributed by atoms with Crippen LogP contribution >= 0.6 is 24.0 Å². The molecule has 1 heterocycles. The summed E-state index contributed by atoms with van der Waals surface area (Å²) >= 11 is 0. The van der Waals surface area contributed by atoms with Crippen LogP contribution in [0.1, 0.15) is 5.69 Å². The van der Waals surface area contributed by atoms with E-state index in [9.17, 15) is 0 Å². The SMILES string of the molecule is CN=C(N)Nc1nc(C)c2cc(OC)ccc2n1.I. The summed E-state index contributed by atoms with van der Waals surface area (Å²) in [6.45, 7) is 1.91. The number of fused-ring (bicyclic) bond motifs is 1. The molecular formula is C12H16IN5O. The van der Waals surface area contributed by atoms with Crippen molar-refractivity contribution in [1.82, 2.24) is 9.97 Å². The number of guanidine groups is 1. The normalized spacial score (nSPS) is 11.0. The number of benzene rings is 1. The van der Waals surface area contributed by atoms with Gasteiger partial charge in [0.25, 0.3) is 0 Å². The van der Waals surface area contributed by atoms with E-state index in [4.69, 9.17) is 10.5 Å². The van der Waals surface area contributed by atoms with Crippen molar-refractivity contribution < 1.29 is 4.74 Å². The standard InChI is InChI=1S/C12H15N5O.HI/c1-7-9-6-8(18-3)4-5-10(9)16-12(15-7)17-11(13)14-2;/h4-6H,1-3H3,(H3,13,14,15,16,17);1H. The van der Waals surface area contributed by atoms with Crippen LogP contribution in [0.25, 0.3) is 10.9 Å². The van der Waals surface area contributed by atoms with Crippen molar-refractivity contribution in [2.24, 2.45) is 10.7 Å². The maximum atomic E-state index is 5.58. The summed E-state index contributed by atoms with van der Waals surface area (Å²) in [6, 6.07) is 5.65. The molecule has 0 aliphatic carbocycles. The fourth-order valence-corrected chi connectivity index (χ4v) is 1.61. The minimum atomic E-state index is 0. The third-order valence-electron chi connectivity index (χ3n) is 2.57. The van der Waals surface area contributed by atoms with E-state index in [0.717, 1.165) is 22.3 Å². The highest BCUT2D eigenvalue weighted by Crippen LogP contribution is 2.22. The number of nitrogens with one attached hydrogen (secondary N) is 1. The van der Waals surface area contributed by atoms with E-state index in [2.05, 4.69) is 20.3 Å². The fourth-order valence-electron chi connectivity index (χ4n) is 1.61. The molecule has 0 fully saturated rings. The molecule has 0 bridgehead atoms. The average molecular weight is 373 g/mol. The van der Waals surface area contributed by atoms with Crippen molar-refractivity contribution in [3.63, 3.8) is 0 Å². The van der Waals surface area contributed by atoms with Crippen LogP contribution in [0.5, 0.6) is 5.75 Å². The van der Waals surface area contributed by atoms with E-state index in [1.165, 1.54) is 0 Å². The second kappa shape index (κ2) is 6.50. The second-order valence-corrected chi connectivity index (χ2v) is 3.75. The van der Waals surface area contributed by atoms with Crippen LogP contribution in [0.2, 0.25) is 0 Å². The predicted molar refractivity (Wildman–Crippen MR) is 87.4 cm³/mol. The zero-order valence-corrected chi connectivity index (χ0v) is 13.3. The third kappa shape index (κ3) is 3.43. The highest BCUT2D eigenvalue weighted by atomic mass is 127. The summed E-state index contributed by atoms with van der Waals surface area (Å²) in [5.41, 5.74) is 7.26. The first-order valence-corrected chi connectivity index (χ1v) is 5.45. The van der Waals surface area contributed by atoms with Gasteiger partial charge in [0.1, 0.15) is 5.75 Å². The van der Waals surface area contributed by atoms with Gasteiger partial charge in [0.05, 0.1) is 18.3 Å². The van der Waals surface area contributed by atoms with Crippen LogP contribution in [-0.4, -0.2) is 30.1 Å². The fraction of sp³-hybridized carbons (Fsp3) is 0.250. The number of ether oxygens (including phenoxy) is 1. The summed E-state index contributed by atoms with van der Waals surface area (Å²) in [5, 5.41) is 3.78. The van der Waals surface area contributed by atoms with E-state index in [0.29, 0.717) is 5.95 Å².